The van der Waals surface area contributed by atoms with E-state index >= 15 is 0 Å². The normalized spacial score (nSPS) is 10.3. The molecule has 0 unspecified atom stereocenters. The van der Waals surface area contributed by atoms with Crippen LogP contribution in [0.15, 0.2) is 29.1 Å². The summed E-state index contributed by atoms with van der Waals surface area (Å²) in [4.78, 5) is 35.0. The number of esters is 1. The topological polar surface area (TPSA) is 101 Å². The minimum Gasteiger partial charge on any atom is -0.451 e. The number of benzene rings is 1. The zero-order valence-corrected chi connectivity index (χ0v) is 11.5. The van der Waals surface area contributed by atoms with Gasteiger partial charge in [-0.1, -0.05) is 25.1 Å². The molecule has 2 N–H and O–H groups in total. The Labute approximate surface area is 120 Å². The number of hydrogen-bond donors (Lipinski definition) is 2. The van der Waals surface area contributed by atoms with Crippen LogP contribution in [-0.4, -0.2) is 35.2 Å². The summed E-state index contributed by atoms with van der Waals surface area (Å²) >= 11 is 0. The van der Waals surface area contributed by atoms with Crippen LogP contribution in [0, 0.1) is 0 Å². The number of carbonyl (C=O) groups is 2. The van der Waals surface area contributed by atoms with Crippen molar-refractivity contribution in [3.8, 4) is 0 Å². The highest BCUT2D eigenvalue weighted by Crippen LogP contribution is 2.13. The molecule has 7 heteroatoms. The van der Waals surface area contributed by atoms with E-state index in [4.69, 9.17) is 4.74 Å². The van der Waals surface area contributed by atoms with Gasteiger partial charge >= 0.3 is 5.97 Å². The fourth-order valence-electron chi connectivity index (χ4n) is 1.79. The van der Waals surface area contributed by atoms with Crippen LogP contribution < -0.4 is 10.9 Å². The van der Waals surface area contributed by atoms with E-state index in [0.717, 1.165) is 6.42 Å². The average Bonchev–Trinajstić information content (AvgIpc) is 2.51. The minimum absolute atomic E-state index is 0.0199. The lowest BCUT2D eigenvalue weighted by atomic mass is 10.1. The van der Waals surface area contributed by atoms with Crippen molar-refractivity contribution >= 4 is 22.6 Å². The van der Waals surface area contributed by atoms with Gasteiger partial charge in [-0.3, -0.25) is 9.59 Å². The van der Waals surface area contributed by atoms with Gasteiger partial charge in [0.1, 0.15) is 0 Å². The second-order valence-corrected chi connectivity index (χ2v) is 4.37. The SMILES string of the molecule is CCCNC(=O)COC(=O)c1n[nH]c(=O)c2ccccc12. The Morgan fingerprint density at radius 3 is 2.71 bits per heavy atom. The fourth-order valence-corrected chi connectivity index (χ4v) is 1.79. The van der Waals surface area contributed by atoms with Crippen molar-refractivity contribution in [2.24, 2.45) is 0 Å². The van der Waals surface area contributed by atoms with E-state index in [-0.39, 0.29) is 23.8 Å². The number of hydrogen-bond acceptors (Lipinski definition) is 5. The highest BCUT2D eigenvalue weighted by Gasteiger charge is 2.16. The summed E-state index contributed by atoms with van der Waals surface area (Å²) in [6.45, 7) is 2.06. The summed E-state index contributed by atoms with van der Waals surface area (Å²) in [5.74, 6) is -1.13. The van der Waals surface area contributed by atoms with Gasteiger partial charge in [0.15, 0.2) is 12.3 Å². The highest BCUT2D eigenvalue weighted by atomic mass is 16.5. The number of H-pyrrole nitrogens is 1. The first-order valence-electron chi connectivity index (χ1n) is 6.54. The summed E-state index contributed by atoms with van der Waals surface area (Å²) < 4.78 is 4.90. The highest BCUT2D eigenvalue weighted by molar-refractivity contribution is 6.02. The summed E-state index contributed by atoms with van der Waals surface area (Å²) in [5.41, 5.74) is -0.406. The Kier molecular flexibility index (Phi) is 4.65. The van der Waals surface area contributed by atoms with Crippen LogP contribution in [0.2, 0.25) is 0 Å². The van der Waals surface area contributed by atoms with Crippen LogP contribution >= 0.6 is 0 Å². The molecule has 0 saturated heterocycles. The van der Waals surface area contributed by atoms with Gasteiger partial charge in [-0.2, -0.15) is 5.10 Å². The first-order valence-corrected chi connectivity index (χ1v) is 6.54. The molecule has 1 heterocycles. The Morgan fingerprint density at radius 1 is 1.29 bits per heavy atom. The lowest BCUT2D eigenvalue weighted by Gasteiger charge is -2.06. The molecule has 0 saturated carbocycles. The standard InChI is InChI=1S/C14H15N3O4/c1-2-7-15-11(18)8-21-14(20)12-9-5-3-4-6-10(9)13(19)17-16-12/h3-6H,2,7-8H2,1H3,(H,15,18)(H,17,19). The molecule has 1 aromatic carbocycles. The number of aromatic amines is 1. The number of nitrogens with zero attached hydrogens (tertiary/aromatic N) is 1. The third kappa shape index (κ3) is 3.44. The molecule has 0 radical (unpaired) electrons. The molecule has 21 heavy (non-hydrogen) atoms. The van der Waals surface area contributed by atoms with Gasteiger partial charge in [0.2, 0.25) is 0 Å². The van der Waals surface area contributed by atoms with E-state index in [1.807, 2.05) is 6.92 Å². The zero-order valence-electron chi connectivity index (χ0n) is 11.5. The van der Waals surface area contributed by atoms with Crippen molar-refractivity contribution in [1.29, 1.82) is 0 Å². The summed E-state index contributed by atoms with van der Waals surface area (Å²) in [7, 11) is 0. The van der Waals surface area contributed by atoms with Crippen molar-refractivity contribution in [3.05, 3.63) is 40.3 Å². The van der Waals surface area contributed by atoms with Crippen LogP contribution in [0.4, 0.5) is 0 Å². The average molecular weight is 289 g/mol. The van der Waals surface area contributed by atoms with Crippen molar-refractivity contribution < 1.29 is 14.3 Å². The quantitative estimate of drug-likeness (QED) is 0.785. The molecule has 0 aliphatic rings. The molecule has 2 aromatic rings. The van der Waals surface area contributed by atoms with Gasteiger partial charge in [-0.05, 0) is 12.5 Å². The molecule has 0 aliphatic heterocycles. The molecule has 0 spiro atoms. The van der Waals surface area contributed by atoms with Gasteiger partial charge in [0.05, 0.1) is 5.39 Å². The second-order valence-electron chi connectivity index (χ2n) is 4.37. The smallest absolute Gasteiger partial charge is 0.359 e. The lowest BCUT2D eigenvalue weighted by molar-refractivity contribution is -0.124. The number of amides is 1. The molecule has 2 rings (SSSR count). The van der Waals surface area contributed by atoms with E-state index in [9.17, 15) is 14.4 Å². The predicted octanol–water partition coefficient (Wildman–Crippen LogP) is 0.606. The van der Waals surface area contributed by atoms with Crippen LogP contribution in [0.25, 0.3) is 10.8 Å². The van der Waals surface area contributed by atoms with Gasteiger partial charge in [0.25, 0.3) is 11.5 Å². The Bertz CT molecular complexity index is 723. The van der Waals surface area contributed by atoms with Crippen molar-refractivity contribution in [2.75, 3.05) is 13.2 Å². The molecule has 7 nitrogen and oxygen atoms in total. The molecule has 110 valence electrons. The van der Waals surface area contributed by atoms with Crippen LogP contribution in [-0.2, 0) is 9.53 Å². The van der Waals surface area contributed by atoms with Gasteiger partial charge in [-0.15, -0.1) is 0 Å². The molecule has 0 aliphatic carbocycles. The molecule has 0 fully saturated rings. The maximum Gasteiger partial charge on any atom is 0.359 e. The number of aromatic nitrogens is 2. The van der Waals surface area contributed by atoms with Gasteiger partial charge in [-0.25, -0.2) is 9.89 Å². The molecule has 0 bridgehead atoms. The molecule has 0 atom stereocenters. The Balaban J connectivity index is 2.15. The molecule has 1 amide bonds. The van der Waals surface area contributed by atoms with Crippen LogP contribution in [0.5, 0.6) is 0 Å². The van der Waals surface area contributed by atoms with E-state index in [2.05, 4.69) is 15.5 Å². The fraction of sp³-hybridized carbons (Fsp3) is 0.286. The van der Waals surface area contributed by atoms with Crippen LogP contribution in [0.3, 0.4) is 0 Å². The third-order valence-electron chi connectivity index (χ3n) is 2.80. The van der Waals surface area contributed by atoms with E-state index in [1.165, 1.54) is 0 Å². The van der Waals surface area contributed by atoms with Gasteiger partial charge in [0, 0.05) is 11.9 Å². The summed E-state index contributed by atoms with van der Waals surface area (Å²) in [5, 5.41) is 9.26. The Morgan fingerprint density at radius 2 is 2.00 bits per heavy atom. The number of fused-ring (bicyclic) bond motifs is 1. The summed E-state index contributed by atoms with van der Waals surface area (Å²) in [6, 6.07) is 6.56. The number of rotatable bonds is 5. The molecular formula is C14H15N3O4. The van der Waals surface area contributed by atoms with Crippen molar-refractivity contribution in [3.63, 3.8) is 0 Å². The maximum atomic E-state index is 12.0. The van der Waals surface area contributed by atoms with E-state index < -0.39 is 5.97 Å². The monoisotopic (exact) mass is 289 g/mol. The molecule has 1 aromatic heterocycles. The second kappa shape index (κ2) is 6.65. The van der Waals surface area contributed by atoms with Crippen LogP contribution in [0.1, 0.15) is 23.8 Å². The van der Waals surface area contributed by atoms with Crippen molar-refractivity contribution in [2.45, 2.75) is 13.3 Å². The predicted molar refractivity (Wildman–Crippen MR) is 75.9 cm³/mol. The van der Waals surface area contributed by atoms with E-state index in [0.29, 0.717) is 17.3 Å². The lowest BCUT2D eigenvalue weighted by Crippen LogP contribution is -2.29. The Hall–Kier alpha value is -2.70. The first-order chi connectivity index (χ1) is 10.1. The first kappa shape index (κ1) is 14.7. The van der Waals surface area contributed by atoms with Crippen molar-refractivity contribution in [1.82, 2.24) is 15.5 Å². The third-order valence-corrected chi connectivity index (χ3v) is 2.80. The number of carbonyl (C=O) groups excluding carboxylic acids is 2. The number of nitrogens with one attached hydrogen (secondary N) is 2. The van der Waals surface area contributed by atoms with E-state index in [1.54, 1.807) is 24.3 Å². The number of ether oxygens (including phenoxy) is 1. The minimum atomic E-state index is -0.755. The largest absolute Gasteiger partial charge is 0.451 e. The zero-order chi connectivity index (χ0) is 15.2. The molecular weight excluding hydrogens is 274 g/mol. The van der Waals surface area contributed by atoms with Gasteiger partial charge < -0.3 is 10.1 Å². The maximum absolute atomic E-state index is 12.0. The summed E-state index contributed by atoms with van der Waals surface area (Å²) in [6.07, 6.45) is 0.797.